The summed E-state index contributed by atoms with van der Waals surface area (Å²) in [6, 6.07) is 4.59. The average molecular weight is 333 g/mol. The molecule has 2 aromatic rings. The minimum Gasteiger partial charge on any atom is -0.324 e. The van der Waals surface area contributed by atoms with Gasteiger partial charge in [-0.25, -0.2) is 13.5 Å². The van der Waals surface area contributed by atoms with Gasteiger partial charge in [-0.1, -0.05) is 6.92 Å². The first-order valence-corrected chi connectivity index (χ1v) is 7.77. The Balaban J connectivity index is 1.74. The molecule has 0 aliphatic heterocycles. The number of nitrogens with zero attached hydrogens (tertiary/aromatic N) is 2. The number of fused-ring (bicyclic) bond motifs is 1. The zero-order valence-corrected chi connectivity index (χ0v) is 13.2. The van der Waals surface area contributed by atoms with Gasteiger partial charge in [0.1, 0.15) is 6.54 Å². The maximum atomic E-state index is 13.1. The van der Waals surface area contributed by atoms with Gasteiger partial charge in [-0.05, 0) is 42.9 Å². The summed E-state index contributed by atoms with van der Waals surface area (Å²) in [6.07, 6.45) is 2.60. The minimum absolute atomic E-state index is 0.124. The van der Waals surface area contributed by atoms with E-state index in [1.807, 2.05) is 0 Å². The van der Waals surface area contributed by atoms with E-state index in [9.17, 15) is 18.4 Å². The maximum Gasteiger partial charge on any atom is 0.267 e. The number of halogens is 2. The number of aromatic nitrogens is 2. The molecule has 0 spiro atoms. The molecule has 0 bridgehead atoms. The van der Waals surface area contributed by atoms with Crippen LogP contribution in [-0.2, 0) is 24.2 Å². The van der Waals surface area contributed by atoms with E-state index in [0.29, 0.717) is 5.92 Å². The zero-order valence-electron chi connectivity index (χ0n) is 13.2. The van der Waals surface area contributed by atoms with Crippen LogP contribution in [0.4, 0.5) is 14.5 Å². The van der Waals surface area contributed by atoms with Gasteiger partial charge in [0.2, 0.25) is 5.91 Å². The van der Waals surface area contributed by atoms with Crippen molar-refractivity contribution in [3.8, 4) is 0 Å². The Hall–Kier alpha value is -2.57. The number of carbonyl (C=O) groups excluding carboxylic acids is 1. The van der Waals surface area contributed by atoms with E-state index in [2.05, 4.69) is 17.3 Å². The highest BCUT2D eigenvalue weighted by Gasteiger charge is 2.19. The highest BCUT2D eigenvalue weighted by Crippen LogP contribution is 2.22. The predicted molar refractivity (Wildman–Crippen MR) is 84.7 cm³/mol. The summed E-state index contributed by atoms with van der Waals surface area (Å²) in [5, 5.41) is 6.70. The first-order valence-electron chi connectivity index (χ1n) is 7.77. The molecule has 126 valence electrons. The first-order chi connectivity index (χ1) is 11.4. The highest BCUT2D eigenvalue weighted by molar-refractivity contribution is 5.90. The second-order valence-electron chi connectivity index (χ2n) is 6.14. The second-order valence-corrected chi connectivity index (χ2v) is 6.14. The summed E-state index contributed by atoms with van der Waals surface area (Å²) in [5.74, 6) is -2.05. The lowest BCUT2D eigenvalue weighted by Crippen LogP contribution is -2.32. The van der Waals surface area contributed by atoms with Gasteiger partial charge in [0.05, 0.1) is 5.69 Å². The van der Waals surface area contributed by atoms with E-state index in [1.54, 1.807) is 0 Å². The molecule has 1 aromatic carbocycles. The van der Waals surface area contributed by atoms with Crippen molar-refractivity contribution in [3.63, 3.8) is 0 Å². The van der Waals surface area contributed by atoms with Crippen LogP contribution >= 0.6 is 0 Å². The van der Waals surface area contributed by atoms with Gasteiger partial charge in [0, 0.05) is 17.8 Å². The number of anilines is 1. The molecule has 24 heavy (non-hydrogen) atoms. The van der Waals surface area contributed by atoms with Crippen molar-refractivity contribution in [2.45, 2.75) is 32.7 Å². The molecule has 7 heteroatoms. The van der Waals surface area contributed by atoms with Crippen molar-refractivity contribution in [1.29, 1.82) is 0 Å². The van der Waals surface area contributed by atoms with Crippen LogP contribution in [0.5, 0.6) is 0 Å². The molecule has 1 atom stereocenters. The van der Waals surface area contributed by atoms with Gasteiger partial charge in [-0.15, -0.1) is 0 Å². The molecule has 3 rings (SSSR count). The van der Waals surface area contributed by atoms with Crippen LogP contribution in [0.3, 0.4) is 0 Å². The largest absolute Gasteiger partial charge is 0.324 e. The van der Waals surface area contributed by atoms with Crippen LogP contribution in [0.25, 0.3) is 0 Å². The third kappa shape index (κ3) is 3.50. The summed E-state index contributed by atoms with van der Waals surface area (Å²) >= 11 is 0. The smallest absolute Gasteiger partial charge is 0.267 e. The summed E-state index contributed by atoms with van der Waals surface area (Å²) in [6.45, 7) is 1.85. The number of carbonyl (C=O) groups is 1. The van der Waals surface area contributed by atoms with E-state index >= 15 is 0 Å². The molecule has 0 fully saturated rings. The maximum absolute atomic E-state index is 13.1. The third-order valence-electron chi connectivity index (χ3n) is 4.10. The van der Waals surface area contributed by atoms with Gasteiger partial charge < -0.3 is 5.32 Å². The number of hydrogen-bond donors (Lipinski definition) is 1. The van der Waals surface area contributed by atoms with Crippen LogP contribution < -0.4 is 10.9 Å². The molecule has 0 saturated carbocycles. The van der Waals surface area contributed by atoms with E-state index in [4.69, 9.17) is 0 Å². The third-order valence-corrected chi connectivity index (χ3v) is 4.10. The Morgan fingerprint density at radius 2 is 2.12 bits per heavy atom. The fraction of sp³-hybridized carbons (Fsp3) is 0.353. The van der Waals surface area contributed by atoms with Crippen molar-refractivity contribution in [1.82, 2.24) is 9.78 Å². The predicted octanol–water partition coefficient (Wildman–Crippen LogP) is 2.29. The molecule has 1 aliphatic carbocycles. The number of nitrogens with one attached hydrogen (secondary N) is 1. The van der Waals surface area contributed by atoms with Crippen LogP contribution in [0.2, 0.25) is 0 Å². The second kappa shape index (κ2) is 6.51. The fourth-order valence-electron chi connectivity index (χ4n) is 2.84. The molecular weight excluding hydrogens is 316 g/mol. The quantitative estimate of drug-likeness (QED) is 0.937. The van der Waals surface area contributed by atoms with E-state index in [-0.39, 0.29) is 17.8 Å². The van der Waals surface area contributed by atoms with E-state index in [1.165, 1.54) is 12.1 Å². The van der Waals surface area contributed by atoms with Crippen molar-refractivity contribution in [3.05, 3.63) is 57.5 Å². The molecule has 1 unspecified atom stereocenters. The first kappa shape index (κ1) is 16.3. The normalized spacial score (nSPS) is 16.5. The molecule has 5 nitrogen and oxygen atoms in total. The molecule has 1 heterocycles. The van der Waals surface area contributed by atoms with Crippen LogP contribution in [0.1, 0.15) is 24.6 Å². The lowest BCUT2D eigenvalue weighted by atomic mass is 9.88. The summed E-state index contributed by atoms with van der Waals surface area (Å²) < 4.78 is 27.1. The summed E-state index contributed by atoms with van der Waals surface area (Å²) in [7, 11) is 0. The fourth-order valence-corrected chi connectivity index (χ4v) is 2.84. The van der Waals surface area contributed by atoms with Crippen LogP contribution in [0.15, 0.2) is 29.1 Å². The standard InChI is InChI=1S/C17H17F2N3O2/c1-10-2-5-15-11(6-10)7-17(24)22(21-15)9-16(23)20-12-3-4-13(18)14(19)8-12/h3-4,7-8,10H,2,5-6,9H2,1H3,(H,20,23). The van der Waals surface area contributed by atoms with E-state index in [0.717, 1.165) is 47.3 Å². The van der Waals surface area contributed by atoms with Crippen molar-refractivity contribution < 1.29 is 13.6 Å². The number of hydrogen-bond acceptors (Lipinski definition) is 3. The SMILES string of the molecule is CC1CCc2nn(CC(=O)Nc3ccc(F)c(F)c3)c(=O)cc2C1. The van der Waals surface area contributed by atoms with Crippen LogP contribution in [0, 0.1) is 17.6 Å². The Bertz CT molecular complexity index is 848. The Morgan fingerprint density at radius 3 is 2.88 bits per heavy atom. The Labute approximate surface area is 137 Å². The van der Waals surface area contributed by atoms with Crippen molar-refractivity contribution >= 4 is 11.6 Å². The topological polar surface area (TPSA) is 64.0 Å². The molecular formula is C17H17F2N3O2. The number of rotatable bonds is 3. The van der Waals surface area contributed by atoms with Gasteiger partial charge >= 0.3 is 0 Å². The van der Waals surface area contributed by atoms with Crippen LogP contribution in [-0.4, -0.2) is 15.7 Å². The molecule has 0 radical (unpaired) electrons. The average Bonchev–Trinajstić information content (AvgIpc) is 2.52. The molecule has 1 amide bonds. The number of aryl methyl sites for hydroxylation is 1. The van der Waals surface area contributed by atoms with Crippen molar-refractivity contribution in [2.75, 3.05) is 5.32 Å². The van der Waals surface area contributed by atoms with Gasteiger partial charge in [-0.3, -0.25) is 9.59 Å². The molecule has 1 aliphatic rings. The van der Waals surface area contributed by atoms with Gasteiger partial charge in [0.15, 0.2) is 11.6 Å². The lowest BCUT2D eigenvalue weighted by molar-refractivity contribution is -0.117. The van der Waals surface area contributed by atoms with Crippen molar-refractivity contribution in [2.24, 2.45) is 5.92 Å². The lowest BCUT2D eigenvalue weighted by Gasteiger charge is -2.20. The molecule has 0 saturated heterocycles. The number of amides is 1. The Morgan fingerprint density at radius 1 is 1.33 bits per heavy atom. The minimum atomic E-state index is -1.05. The van der Waals surface area contributed by atoms with Gasteiger partial charge in [-0.2, -0.15) is 5.10 Å². The zero-order chi connectivity index (χ0) is 17.3. The molecule has 1 N–H and O–H groups in total. The number of benzene rings is 1. The highest BCUT2D eigenvalue weighted by atomic mass is 19.2. The summed E-state index contributed by atoms with van der Waals surface area (Å²) in [4.78, 5) is 24.1. The molecule has 1 aromatic heterocycles. The Kier molecular flexibility index (Phi) is 4.42. The monoisotopic (exact) mass is 333 g/mol. The van der Waals surface area contributed by atoms with E-state index < -0.39 is 17.5 Å². The van der Waals surface area contributed by atoms with Gasteiger partial charge in [0.25, 0.3) is 5.56 Å². The summed E-state index contributed by atoms with van der Waals surface area (Å²) in [5.41, 5.74) is 1.56.